The minimum atomic E-state index is -0.525. The second kappa shape index (κ2) is 7.00. The molecular formula is C14H18N2O4. The molecule has 20 heavy (non-hydrogen) atoms. The number of benzene rings is 1. The van der Waals surface area contributed by atoms with Crippen LogP contribution in [-0.2, 0) is 4.74 Å². The Bertz CT molecular complexity index is 484. The molecule has 0 aromatic heterocycles. The van der Waals surface area contributed by atoms with Gasteiger partial charge in [0.1, 0.15) is 0 Å². The van der Waals surface area contributed by atoms with Gasteiger partial charge in [-0.15, -0.1) is 0 Å². The van der Waals surface area contributed by atoms with Crippen molar-refractivity contribution in [1.29, 1.82) is 0 Å². The van der Waals surface area contributed by atoms with E-state index in [4.69, 9.17) is 4.74 Å². The summed E-state index contributed by atoms with van der Waals surface area (Å²) in [5, 5.41) is 14.0. The Labute approximate surface area is 117 Å². The monoisotopic (exact) mass is 278 g/mol. The molecular weight excluding hydrogens is 260 g/mol. The van der Waals surface area contributed by atoms with Crippen LogP contribution >= 0.6 is 0 Å². The topological polar surface area (TPSA) is 81.5 Å². The van der Waals surface area contributed by atoms with Crippen molar-refractivity contribution in [3.8, 4) is 0 Å². The first-order chi connectivity index (χ1) is 9.66. The number of nitrogens with one attached hydrogen (secondary N) is 1. The van der Waals surface area contributed by atoms with Crippen molar-refractivity contribution in [1.82, 2.24) is 5.32 Å². The molecule has 108 valence electrons. The number of carbonyl (C=O) groups is 1. The van der Waals surface area contributed by atoms with Crippen LogP contribution in [-0.4, -0.2) is 30.1 Å². The molecule has 1 aliphatic rings. The van der Waals surface area contributed by atoms with Crippen LogP contribution in [0.5, 0.6) is 0 Å². The lowest BCUT2D eigenvalue weighted by Gasteiger charge is -2.23. The Hall–Kier alpha value is -1.95. The fourth-order valence-corrected chi connectivity index (χ4v) is 2.29. The Morgan fingerprint density at radius 3 is 3.00 bits per heavy atom. The van der Waals surface area contributed by atoms with Crippen molar-refractivity contribution in [2.45, 2.75) is 31.7 Å². The number of ether oxygens (including phenoxy) is 1. The summed E-state index contributed by atoms with van der Waals surface area (Å²) < 4.78 is 5.16. The Balaban J connectivity index is 1.82. The lowest BCUT2D eigenvalue weighted by molar-refractivity contribution is -0.384. The quantitative estimate of drug-likeness (QED) is 0.507. The summed E-state index contributed by atoms with van der Waals surface area (Å²) in [6, 6.07) is 6.00. The molecule has 6 heteroatoms. The molecule has 0 radical (unpaired) electrons. The van der Waals surface area contributed by atoms with Gasteiger partial charge in [0, 0.05) is 18.2 Å². The Morgan fingerprint density at radius 1 is 1.45 bits per heavy atom. The van der Waals surface area contributed by atoms with Gasteiger partial charge in [0.05, 0.1) is 17.1 Å². The van der Waals surface area contributed by atoms with Gasteiger partial charge in [0.2, 0.25) is 0 Å². The average molecular weight is 278 g/mol. The van der Waals surface area contributed by atoms with Crippen molar-refractivity contribution in [3.05, 3.63) is 39.9 Å². The molecule has 1 aliphatic heterocycles. The molecule has 1 aromatic rings. The number of nitrogens with zero attached hydrogens (tertiary/aromatic N) is 1. The normalized spacial score (nSPS) is 18.5. The fraction of sp³-hybridized carbons (Fsp3) is 0.500. The number of carbonyl (C=O) groups excluding carboxylic acids is 1. The van der Waals surface area contributed by atoms with Crippen LogP contribution in [0, 0.1) is 10.1 Å². The zero-order chi connectivity index (χ0) is 14.4. The third-order valence-electron chi connectivity index (χ3n) is 3.40. The lowest BCUT2D eigenvalue weighted by Crippen LogP contribution is -2.35. The van der Waals surface area contributed by atoms with Crippen LogP contribution in [0.15, 0.2) is 24.3 Å². The molecule has 0 bridgehead atoms. The maximum absolute atomic E-state index is 11.8. The third kappa shape index (κ3) is 4.03. The number of hydrogen-bond acceptors (Lipinski definition) is 5. The number of esters is 1. The highest BCUT2D eigenvalue weighted by atomic mass is 16.6. The molecule has 1 heterocycles. The van der Waals surface area contributed by atoms with Crippen LogP contribution in [0.2, 0.25) is 0 Å². The molecule has 6 nitrogen and oxygen atoms in total. The van der Waals surface area contributed by atoms with E-state index in [-0.39, 0.29) is 11.3 Å². The second-order valence-electron chi connectivity index (χ2n) is 4.88. The maximum atomic E-state index is 11.8. The standard InChI is InChI=1S/C14H18N2O4/c17-14(11-4-3-6-13(10-11)16(18)19)20-9-7-12-5-1-2-8-15-12/h3-4,6,10,12,15H,1-2,5,7-9H2. The molecule has 0 amide bonds. The highest BCUT2D eigenvalue weighted by molar-refractivity contribution is 5.90. The van der Waals surface area contributed by atoms with Crippen molar-refractivity contribution < 1.29 is 14.5 Å². The lowest BCUT2D eigenvalue weighted by atomic mass is 10.0. The average Bonchev–Trinajstić information content (AvgIpc) is 2.48. The Kier molecular flexibility index (Phi) is 5.06. The molecule has 1 saturated heterocycles. The number of nitro groups is 1. The molecule has 1 atom stereocenters. The first-order valence-corrected chi connectivity index (χ1v) is 6.82. The third-order valence-corrected chi connectivity index (χ3v) is 3.40. The first kappa shape index (κ1) is 14.5. The van der Waals surface area contributed by atoms with Crippen LogP contribution in [0.25, 0.3) is 0 Å². The van der Waals surface area contributed by atoms with E-state index in [1.54, 1.807) is 0 Å². The first-order valence-electron chi connectivity index (χ1n) is 6.82. The zero-order valence-electron chi connectivity index (χ0n) is 11.2. The van der Waals surface area contributed by atoms with Crippen LogP contribution in [0.1, 0.15) is 36.0 Å². The summed E-state index contributed by atoms with van der Waals surface area (Å²) in [5.41, 5.74) is 0.115. The number of non-ortho nitro benzene ring substituents is 1. The minimum Gasteiger partial charge on any atom is -0.462 e. The van der Waals surface area contributed by atoms with E-state index in [2.05, 4.69) is 5.32 Å². The van der Waals surface area contributed by atoms with Gasteiger partial charge in [-0.05, 0) is 31.9 Å². The van der Waals surface area contributed by atoms with E-state index in [0.29, 0.717) is 12.6 Å². The molecule has 0 aliphatic carbocycles. The molecule has 0 saturated carbocycles. The molecule has 1 N–H and O–H groups in total. The van der Waals surface area contributed by atoms with Gasteiger partial charge in [-0.1, -0.05) is 12.5 Å². The van der Waals surface area contributed by atoms with Gasteiger partial charge in [-0.2, -0.15) is 0 Å². The van der Waals surface area contributed by atoms with Crippen LogP contribution in [0.4, 0.5) is 5.69 Å². The fourth-order valence-electron chi connectivity index (χ4n) is 2.29. The molecule has 0 spiro atoms. The van der Waals surface area contributed by atoms with Crippen molar-refractivity contribution in [2.75, 3.05) is 13.2 Å². The zero-order valence-corrected chi connectivity index (χ0v) is 11.2. The summed E-state index contributed by atoms with van der Waals surface area (Å²) in [6.45, 7) is 1.35. The van der Waals surface area contributed by atoms with E-state index in [9.17, 15) is 14.9 Å². The van der Waals surface area contributed by atoms with E-state index in [1.165, 1.54) is 37.1 Å². The number of rotatable bonds is 5. The predicted molar refractivity (Wildman–Crippen MR) is 73.6 cm³/mol. The van der Waals surface area contributed by atoms with Gasteiger partial charge < -0.3 is 10.1 Å². The number of piperidine rings is 1. The smallest absolute Gasteiger partial charge is 0.338 e. The largest absolute Gasteiger partial charge is 0.462 e. The van der Waals surface area contributed by atoms with E-state index >= 15 is 0 Å². The predicted octanol–water partition coefficient (Wildman–Crippen LogP) is 2.28. The summed E-state index contributed by atoms with van der Waals surface area (Å²) in [4.78, 5) is 21.9. The minimum absolute atomic E-state index is 0.103. The second-order valence-corrected chi connectivity index (χ2v) is 4.88. The molecule has 1 unspecified atom stereocenters. The van der Waals surface area contributed by atoms with E-state index in [1.807, 2.05) is 0 Å². The van der Waals surface area contributed by atoms with Crippen molar-refractivity contribution in [2.24, 2.45) is 0 Å². The molecule has 2 rings (SSSR count). The maximum Gasteiger partial charge on any atom is 0.338 e. The molecule has 1 fully saturated rings. The summed E-state index contributed by atoms with van der Waals surface area (Å²) in [7, 11) is 0. The van der Waals surface area contributed by atoms with Crippen LogP contribution < -0.4 is 5.32 Å². The van der Waals surface area contributed by atoms with Crippen molar-refractivity contribution in [3.63, 3.8) is 0 Å². The number of nitro benzene ring substituents is 1. The van der Waals surface area contributed by atoms with Crippen LogP contribution in [0.3, 0.4) is 0 Å². The Morgan fingerprint density at radius 2 is 2.30 bits per heavy atom. The van der Waals surface area contributed by atoms with Gasteiger partial charge in [-0.3, -0.25) is 10.1 Å². The summed E-state index contributed by atoms with van der Waals surface area (Å²) in [5.74, 6) is -0.510. The van der Waals surface area contributed by atoms with Gasteiger partial charge in [0.25, 0.3) is 5.69 Å². The molecule has 1 aromatic carbocycles. The van der Waals surface area contributed by atoms with Gasteiger partial charge in [-0.25, -0.2) is 4.79 Å². The number of hydrogen-bond donors (Lipinski definition) is 1. The van der Waals surface area contributed by atoms with E-state index in [0.717, 1.165) is 19.4 Å². The highest BCUT2D eigenvalue weighted by Gasteiger charge is 2.15. The highest BCUT2D eigenvalue weighted by Crippen LogP contribution is 2.14. The summed E-state index contributed by atoms with van der Waals surface area (Å²) >= 11 is 0. The SMILES string of the molecule is O=C(OCCC1CCCCN1)c1cccc([N+](=O)[O-])c1. The van der Waals surface area contributed by atoms with Gasteiger partial charge in [0.15, 0.2) is 0 Å². The van der Waals surface area contributed by atoms with Gasteiger partial charge >= 0.3 is 5.97 Å². The van der Waals surface area contributed by atoms with Crippen molar-refractivity contribution >= 4 is 11.7 Å². The van der Waals surface area contributed by atoms with E-state index < -0.39 is 10.9 Å². The summed E-state index contributed by atoms with van der Waals surface area (Å²) in [6.07, 6.45) is 4.29.